The third kappa shape index (κ3) is 6.55. The van der Waals surface area contributed by atoms with Crippen LogP contribution >= 0.6 is 24.0 Å². The second kappa shape index (κ2) is 10.9. The smallest absolute Gasteiger partial charge is 0.228 e. The van der Waals surface area contributed by atoms with Gasteiger partial charge in [0.2, 0.25) is 11.8 Å². The van der Waals surface area contributed by atoms with Gasteiger partial charge in [0.15, 0.2) is 11.8 Å². The summed E-state index contributed by atoms with van der Waals surface area (Å²) in [7, 11) is 1.72. The fourth-order valence-electron chi connectivity index (χ4n) is 2.50. The fraction of sp³-hybridized carbons (Fsp3) is 0.400. The van der Waals surface area contributed by atoms with Gasteiger partial charge in [-0.15, -0.1) is 24.0 Å². The van der Waals surface area contributed by atoms with E-state index in [1.54, 1.807) is 13.3 Å². The van der Waals surface area contributed by atoms with E-state index in [1.165, 1.54) is 5.56 Å². The van der Waals surface area contributed by atoms with Crippen LogP contribution in [0.1, 0.15) is 42.7 Å². The third-order valence-corrected chi connectivity index (χ3v) is 4.14. The lowest BCUT2D eigenvalue weighted by atomic mass is 10.1. The number of oxazole rings is 1. The Balaban J connectivity index is 0.00000300. The Kier molecular flexibility index (Phi) is 8.62. The molecule has 0 amide bonds. The number of nitrogens with one attached hydrogen (secondary N) is 2. The maximum absolute atomic E-state index is 5.58. The van der Waals surface area contributed by atoms with Gasteiger partial charge >= 0.3 is 0 Å². The van der Waals surface area contributed by atoms with Crippen LogP contribution < -0.4 is 10.6 Å². The minimum Gasteiger partial charge on any atom is -0.444 e. The molecule has 2 aromatic heterocycles. The predicted molar refractivity (Wildman–Crippen MR) is 122 cm³/mol. The van der Waals surface area contributed by atoms with Crippen molar-refractivity contribution in [1.29, 1.82) is 0 Å². The van der Waals surface area contributed by atoms with Crippen molar-refractivity contribution in [3.63, 3.8) is 0 Å². The first-order chi connectivity index (χ1) is 13.5. The van der Waals surface area contributed by atoms with Crippen molar-refractivity contribution in [2.24, 2.45) is 4.99 Å². The maximum atomic E-state index is 5.58. The molecule has 0 aliphatic rings. The normalized spacial score (nSPS) is 11.4. The average Bonchev–Trinajstić information content (AvgIpc) is 3.35. The van der Waals surface area contributed by atoms with Crippen molar-refractivity contribution in [2.75, 3.05) is 13.6 Å². The quantitative estimate of drug-likeness (QED) is 0.284. The SMILES string of the molecule is CN=C(NCCc1nc(C(C)C)no1)NCc1coc(-c2ccc(C)cc2)n1.I. The molecule has 0 aliphatic heterocycles. The summed E-state index contributed by atoms with van der Waals surface area (Å²) in [5, 5.41) is 10.4. The number of benzene rings is 1. The molecule has 1 aromatic carbocycles. The molecule has 0 atom stereocenters. The Hall–Kier alpha value is -2.43. The molecule has 0 saturated heterocycles. The third-order valence-electron chi connectivity index (χ3n) is 4.14. The highest BCUT2D eigenvalue weighted by Gasteiger charge is 2.10. The van der Waals surface area contributed by atoms with Crippen LogP contribution in [0, 0.1) is 6.92 Å². The van der Waals surface area contributed by atoms with E-state index >= 15 is 0 Å². The second-order valence-electron chi connectivity index (χ2n) is 6.81. The summed E-state index contributed by atoms with van der Waals surface area (Å²) < 4.78 is 10.8. The minimum atomic E-state index is 0. The number of hydrogen-bond donors (Lipinski definition) is 2. The summed E-state index contributed by atoms with van der Waals surface area (Å²) in [5.41, 5.74) is 2.96. The molecule has 156 valence electrons. The monoisotopic (exact) mass is 510 g/mol. The van der Waals surface area contributed by atoms with Gasteiger partial charge in [0.1, 0.15) is 6.26 Å². The largest absolute Gasteiger partial charge is 0.444 e. The van der Waals surface area contributed by atoms with Gasteiger partial charge in [-0.1, -0.05) is 36.7 Å². The van der Waals surface area contributed by atoms with Crippen LogP contribution in [0.3, 0.4) is 0 Å². The molecular weight excluding hydrogens is 483 g/mol. The van der Waals surface area contributed by atoms with Gasteiger partial charge < -0.3 is 19.6 Å². The van der Waals surface area contributed by atoms with Crippen molar-refractivity contribution >= 4 is 29.9 Å². The summed E-state index contributed by atoms with van der Waals surface area (Å²) in [4.78, 5) is 13.1. The van der Waals surface area contributed by atoms with Gasteiger partial charge in [-0.25, -0.2) is 4.98 Å². The summed E-state index contributed by atoms with van der Waals surface area (Å²) in [5.74, 6) is 2.88. The topological polar surface area (TPSA) is 101 Å². The second-order valence-corrected chi connectivity index (χ2v) is 6.81. The summed E-state index contributed by atoms with van der Waals surface area (Å²) >= 11 is 0. The molecule has 3 rings (SSSR count). The Morgan fingerprint density at radius 2 is 1.90 bits per heavy atom. The molecule has 0 bridgehead atoms. The van der Waals surface area contributed by atoms with Gasteiger partial charge in [0.05, 0.1) is 12.2 Å². The van der Waals surface area contributed by atoms with E-state index in [-0.39, 0.29) is 29.9 Å². The zero-order valence-corrected chi connectivity index (χ0v) is 19.4. The van der Waals surface area contributed by atoms with Gasteiger partial charge in [-0.05, 0) is 19.1 Å². The molecule has 0 spiro atoms. The van der Waals surface area contributed by atoms with Crippen molar-refractivity contribution in [1.82, 2.24) is 25.8 Å². The van der Waals surface area contributed by atoms with Crippen LogP contribution in [0.5, 0.6) is 0 Å². The van der Waals surface area contributed by atoms with Gasteiger partial charge in [0, 0.05) is 31.5 Å². The van der Waals surface area contributed by atoms with E-state index in [2.05, 4.69) is 37.7 Å². The number of halogens is 1. The van der Waals surface area contributed by atoms with E-state index in [0.29, 0.717) is 37.3 Å². The molecule has 0 unspecified atom stereocenters. The molecule has 8 nitrogen and oxygen atoms in total. The minimum absolute atomic E-state index is 0. The highest BCUT2D eigenvalue weighted by Crippen LogP contribution is 2.19. The zero-order chi connectivity index (χ0) is 19.9. The lowest BCUT2D eigenvalue weighted by Gasteiger charge is -2.09. The Morgan fingerprint density at radius 1 is 1.14 bits per heavy atom. The van der Waals surface area contributed by atoms with Crippen molar-refractivity contribution in [2.45, 2.75) is 39.7 Å². The van der Waals surface area contributed by atoms with Crippen molar-refractivity contribution < 1.29 is 8.94 Å². The molecule has 2 heterocycles. The van der Waals surface area contributed by atoms with Crippen LogP contribution in [0.2, 0.25) is 0 Å². The highest BCUT2D eigenvalue weighted by atomic mass is 127. The molecule has 0 radical (unpaired) electrons. The predicted octanol–water partition coefficient (Wildman–Crippen LogP) is 3.68. The number of nitrogens with zero attached hydrogens (tertiary/aromatic N) is 4. The first-order valence-corrected chi connectivity index (χ1v) is 9.33. The maximum Gasteiger partial charge on any atom is 0.228 e. The lowest BCUT2D eigenvalue weighted by molar-refractivity contribution is 0.371. The summed E-state index contributed by atoms with van der Waals surface area (Å²) in [6, 6.07) is 8.08. The van der Waals surface area contributed by atoms with E-state index in [0.717, 1.165) is 17.1 Å². The van der Waals surface area contributed by atoms with E-state index in [4.69, 9.17) is 8.94 Å². The number of aliphatic imine (C=N–C) groups is 1. The van der Waals surface area contributed by atoms with Crippen LogP contribution in [0.25, 0.3) is 11.5 Å². The molecule has 0 aliphatic carbocycles. The van der Waals surface area contributed by atoms with Crippen molar-refractivity contribution in [3.05, 3.63) is 53.5 Å². The zero-order valence-electron chi connectivity index (χ0n) is 17.1. The highest BCUT2D eigenvalue weighted by molar-refractivity contribution is 14.0. The van der Waals surface area contributed by atoms with Crippen molar-refractivity contribution in [3.8, 4) is 11.5 Å². The summed E-state index contributed by atoms with van der Waals surface area (Å²) in [6.45, 7) is 7.26. The number of aromatic nitrogens is 3. The Bertz CT molecular complexity index is 917. The fourth-order valence-corrected chi connectivity index (χ4v) is 2.50. The van der Waals surface area contributed by atoms with E-state index < -0.39 is 0 Å². The van der Waals surface area contributed by atoms with Crippen LogP contribution in [0.4, 0.5) is 0 Å². The van der Waals surface area contributed by atoms with E-state index in [1.807, 2.05) is 38.1 Å². The summed E-state index contributed by atoms with van der Waals surface area (Å²) in [6.07, 6.45) is 2.28. The first kappa shape index (κ1) is 22.9. The first-order valence-electron chi connectivity index (χ1n) is 9.33. The molecule has 9 heteroatoms. The molecule has 0 saturated carbocycles. The van der Waals surface area contributed by atoms with Crippen LogP contribution in [0.15, 0.2) is 44.5 Å². The average molecular weight is 510 g/mol. The van der Waals surface area contributed by atoms with Gasteiger partial charge in [0.25, 0.3) is 0 Å². The lowest BCUT2D eigenvalue weighted by Crippen LogP contribution is -2.37. The number of hydrogen-bond acceptors (Lipinski definition) is 6. The molecule has 29 heavy (non-hydrogen) atoms. The number of guanidine groups is 1. The number of aryl methyl sites for hydroxylation is 1. The molecule has 2 N–H and O–H groups in total. The van der Waals surface area contributed by atoms with Crippen LogP contribution in [-0.2, 0) is 13.0 Å². The van der Waals surface area contributed by atoms with E-state index in [9.17, 15) is 0 Å². The molecular formula is C20H27IN6O2. The molecule has 0 fully saturated rings. The Labute approximate surface area is 187 Å². The number of rotatable bonds is 7. The Morgan fingerprint density at radius 3 is 2.55 bits per heavy atom. The van der Waals surface area contributed by atoms with Crippen LogP contribution in [-0.4, -0.2) is 34.7 Å². The van der Waals surface area contributed by atoms with Gasteiger partial charge in [-0.3, -0.25) is 4.99 Å². The molecule has 3 aromatic rings. The van der Waals surface area contributed by atoms with Gasteiger partial charge in [-0.2, -0.15) is 4.98 Å². The standard InChI is InChI=1S/C20H26N6O2.HI/c1-13(2)18-25-17(28-26-18)9-10-22-20(21-4)23-11-16-12-27-19(24-16)15-7-5-14(3)6-8-15;/h5-8,12-13H,9-11H2,1-4H3,(H2,21,22,23);1H.